The summed E-state index contributed by atoms with van der Waals surface area (Å²) in [5.74, 6) is 1.30. The van der Waals surface area contributed by atoms with Crippen molar-refractivity contribution < 1.29 is 13.9 Å². The molecule has 2 aliphatic heterocycles. The highest BCUT2D eigenvalue weighted by Crippen LogP contribution is 2.20. The summed E-state index contributed by atoms with van der Waals surface area (Å²) in [6.45, 7) is 6.41. The van der Waals surface area contributed by atoms with Crippen molar-refractivity contribution in [1.82, 2.24) is 20.0 Å². The van der Waals surface area contributed by atoms with Crippen LogP contribution in [0.5, 0.6) is 0 Å². The van der Waals surface area contributed by atoms with Crippen LogP contribution in [0.25, 0.3) is 11.5 Å². The van der Waals surface area contributed by atoms with E-state index in [-0.39, 0.29) is 12.0 Å². The molecule has 0 N–H and O–H groups in total. The van der Waals surface area contributed by atoms with E-state index in [0.29, 0.717) is 24.9 Å². The first-order valence-corrected chi connectivity index (χ1v) is 9.21. The maximum absolute atomic E-state index is 12.4. The summed E-state index contributed by atoms with van der Waals surface area (Å²) in [6, 6.07) is 8.03. The number of ether oxygens (including phenoxy) is 1. The fourth-order valence-corrected chi connectivity index (χ4v) is 3.51. The minimum absolute atomic E-state index is 0.140. The van der Waals surface area contributed by atoms with Gasteiger partial charge < -0.3 is 14.1 Å². The molecule has 3 heterocycles. The Bertz CT molecular complexity index is 762. The lowest BCUT2D eigenvalue weighted by molar-refractivity contribution is -0.142. The number of nitrogens with zero attached hydrogens (tertiary/aromatic N) is 4. The quantitative estimate of drug-likeness (QED) is 0.833. The molecule has 1 unspecified atom stereocenters. The van der Waals surface area contributed by atoms with Gasteiger partial charge in [0.2, 0.25) is 11.8 Å². The Kier molecular flexibility index (Phi) is 4.99. The van der Waals surface area contributed by atoms with Crippen molar-refractivity contribution in [1.29, 1.82) is 0 Å². The van der Waals surface area contributed by atoms with E-state index in [1.807, 2.05) is 36.1 Å². The number of piperazine rings is 1. The zero-order chi connectivity index (χ0) is 17.9. The van der Waals surface area contributed by atoms with Crippen LogP contribution in [0.3, 0.4) is 0 Å². The largest absolute Gasteiger partial charge is 0.419 e. The molecule has 7 heteroatoms. The number of aryl methyl sites for hydroxylation is 1. The molecule has 7 nitrogen and oxygen atoms in total. The number of carbonyl (C=O) groups excluding carboxylic acids is 1. The van der Waals surface area contributed by atoms with Gasteiger partial charge in [-0.25, -0.2) is 0 Å². The molecule has 0 aliphatic carbocycles. The summed E-state index contributed by atoms with van der Waals surface area (Å²) in [5, 5.41) is 8.34. The second-order valence-corrected chi connectivity index (χ2v) is 6.97. The van der Waals surface area contributed by atoms with Gasteiger partial charge in [0.05, 0.1) is 6.54 Å². The van der Waals surface area contributed by atoms with E-state index in [0.717, 1.165) is 50.1 Å². The molecule has 2 saturated heterocycles. The van der Waals surface area contributed by atoms with Gasteiger partial charge in [-0.05, 0) is 31.9 Å². The van der Waals surface area contributed by atoms with Gasteiger partial charge in [0, 0.05) is 38.3 Å². The molecule has 0 bridgehead atoms. The molecule has 1 amide bonds. The van der Waals surface area contributed by atoms with Crippen LogP contribution < -0.4 is 0 Å². The third kappa shape index (κ3) is 3.78. The Hall–Kier alpha value is -2.25. The minimum atomic E-state index is -0.227. The maximum atomic E-state index is 12.4. The number of hydrogen-bond donors (Lipinski definition) is 0. The molecular formula is C19H24N4O3. The fourth-order valence-electron chi connectivity index (χ4n) is 3.51. The zero-order valence-corrected chi connectivity index (χ0v) is 15.1. The molecule has 0 radical (unpaired) electrons. The molecule has 0 saturated carbocycles. The number of rotatable bonds is 4. The van der Waals surface area contributed by atoms with E-state index in [4.69, 9.17) is 9.15 Å². The molecule has 1 atom stereocenters. The van der Waals surface area contributed by atoms with Crippen LogP contribution in [0.4, 0.5) is 0 Å². The van der Waals surface area contributed by atoms with Gasteiger partial charge in [-0.1, -0.05) is 17.7 Å². The standard InChI is InChI=1S/C19H24N4O3/c1-14-4-2-5-15(12-14)18-21-20-17(26-18)13-22-7-9-23(10-8-22)19(24)16-6-3-11-25-16/h2,4-5,12,16H,3,6-11,13H2,1H3. The van der Waals surface area contributed by atoms with Gasteiger partial charge in [-0.2, -0.15) is 0 Å². The monoisotopic (exact) mass is 356 g/mol. The lowest BCUT2D eigenvalue weighted by Crippen LogP contribution is -2.51. The van der Waals surface area contributed by atoms with Crippen molar-refractivity contribution in [2.75, 3.05) is 32.8 Å². The number of carbonyl (C=O) groups is 1. The highest BCUT2D eigenvalue weighted by Gasteiger charge is 2.30. The molecule has 2 aromatic rings. The maximum Gasteiger partial charge on any atom is 0.251 e. The van der Waals surface area contributed by atoms with E-state index >= 15 is 0 Å². The first kappa shape index (κ1) is 17.2. The average Bonchev–Trinajstić information content (AvgIpc) is 3.34. The molecule has 26 heavy (non-hydrogen) atoms. The summed E-state index contributed by atoms with van der Waals surface area (Å²) in [7, 11) is 0. The van der Waals surface area contributed by atoms with Crippen molar-refractivity contribution in [3.05, 3.63) is 35.7 Å². The second-order valence-electron chi connectivity index (χ2n) is 6.97. The van der Waals surface area contributed by atoms with Crippen molar-refractivity contribution in [3.8, 4) is 11.5 Å². The van der Waals surface area contributed by atoms with E-state index in [2.05, 4.69) is 15.1 Å². The van der Waals surface area contributed by atoms with Crippen LogP contribution in [0, 0.1) is 6.92 Å². The zero-order valence-electron chi connectivity index (χ0n) is 15.1. The Balaban J connectivity index is 1.31. The van der Waals surface area contributed by atoms with Crippen LogP contribution in [0.15, 0.2) is 28.7 Å². The molecule has 138 valence electrons. The molecule has 2 aliphatic rings. The lowest BCUT2D eigenvalue weighted by Gasteiger charge is -2.35. The lowest BCUT2D eigenvalue weighted by atomic mass is 10.1. The molecule has 1 aromatic carbocycles. The van der Waals surface area contributed by atoms with Crippen molar-refractivity contribution in [3.63, 3.8) is 0 Å². The Morgan fingerprint density at radius 3 is 2.81 bits per heavy atom. The number of benzene rings is 1. The molecule has 2 fully saturated rings. The summed E-state index contributed by atoms with van der Waals surface area (Å²) in [6.07, 6.45) is 1.61. The first-order valence-electron chi connectivity index (χ1n) is 9.21. The second kappa shape index (κ2) is 7.55. The summed E-state index contributed by atoms with van der Waals surface area (Å²) in [4.78, 5) is 16.6. The topological polar surface area (TPSA) is 71.7 Å². The van der Waals surface area contributed by atoms with E-state index in [1.165, 1.54) is 0 Å². The first-order chi connectivity index (χ1) is 12.7. The predicted molar refractivity (Wildman–Crippen MR) is 95.3 cm³/mol. The van der Waals surface area contributed by atoms with E-state index in [1.54, 1.807) is 0 Å². The van der Waals surface area contributed by atoms with Crippen LogP contribution in [-0.2, 0) is 16.1 Å². The number of aromatic nitrogens is 2. The van der Waals surface area contributed by atoms with Gasteiger partial charge >= 0.3 is 0 Å². The summed E-state index contributed by atoms with van der Waals surface area (Å²) >= 11 is 0. The van der Waals surface area contributed by atoms with Gasteiger partial charge in [0.25, 0.3) is 5.91 Å². The van der Waals surface area contributed by atoms with Crippen molar-refractivity contribution in [2.45, 2.75) is 32.4 Å². The Morgan fingerprint density at radius 1 is 1.23 bits per heavy atom. The molecule has 0 spiro atoms. The van der Waals surface area contributed by atoms with Gasteiger partial charge in [-0.3, -0.25) is 9.69 Å². The van der Waals surface area contributed by atoms with Crippen LogP contribution >= 0.6 is 0 Å². The summed E-state index contributed by atoms with van der Waals surface area (Å²) < 4.78 is 11.3. The Labute approximate surface area is 152 Å². The van der Waals surface area contributed by atoms with E-state index in [9.17, 15) is 4.79 Å². The van der Waals surface area contributed by atoms with Crippen molar-refractivity contribution in [2.24, 2.45) is 0 Å². The number of amides is 1. The van der Waals surface area contributed by atoms with Gasteiger partial charge in [0.15, 0.2) is 0 Å². The molecule has 1 aromatic heterocycles. The molecule has 4 rings (SSSR count). The summed E-state index contributed by atoms with van der Waals surface area (Å²) in [5.41, 5.74) is 2.10. The third-order valence-corrected chi connectivity index (χ3v) is 4.98. The van der Waals surface area contributed by atoms with Gasteiger partial charge in [-0.15, -0.1) is 10.2 Å². The third-order valence-electron chi connectivity index (χ3n) is 4.98. The highest BCUT2D eigenvalue weighted by molar-refractivity contribution is 5.81. The highest BCUT2D eigenvalue weighted by atomic mass is 16.5. The minimum Gasteiger partial charge on any atom is -0.419 e. The molecular weight excluding hydrogens is 332 g/mol. The Morgan fingerprint density at radius 2 is 2.08 bits per heavy atom. The van der Waals surface area contributed by atoms with Crippen LogP contribution in [-0.4, -0.2) is 64.8 Å². The number of hydrogen-bond acceptors (Lipinski definition) is 6. The van der Waals surface area contributed by atoms with Gasteiger partial charge in [0.1, 0.15) is 6.10 Å². The normalized spacial score (nSPS) is 21.3. The SMILES string of the molecule is Cc1cccc(-c2nnc(CN3CCN(C(=O)C4CCCO4)CC3)o2)c1. The van der Waals surface area contributed by atoms with E-state index < -0.39 is 0 Å². The smallest absolute Gasteiger partial charge is 0.251 e. The van der Waals surface area contributed by atoms with Crippen molar-refractivity contribution >= 4 is 5.91 Å². The average molecular weight is 356 g/mol. The predicted octanol–water partition coefficient (Wildman–Crippen LogP) is 1.87. The van der Waals surface area contributed by atoms with Crippen LogP contribution in [0.1, 0.15) is 24.3 Å². The van der Waals surface area contributed by atoms with Crippen LogP contribution in [0.2, 0.25) is 0 Å². The fraction of sp³-hybridized carbons (Fsp3) is 0.526.